The molecule has 4 rings (SSSR count). The molecular formula is C24H37N7O2. The van der Waals surface area contributed by atoms with Gasteiger partial charge in [0.25, 0.3) is 0 Å². The topological polar surface area (TPSA) is 106 Å². The van der Waals surface area contributed by atoms with E-state index in [0.717, 1.165) is 76.4 Å². The summed E-state index contributed by atoms with van der Waals surface area (Å²) in [6.45, 7) is 5.52. The Kier molecular flexibility index (Phi) is 8.79. The van der Waals surface area contributed by atoms with Crippen molar-refractivity contribution >= 4 is 11.8 Å². The zero-order valence-corrected chi connectivity index (χ0v) is 19.8. The lowest BCUT2D eigenvalue weighted by molar-refractivity contribution is 0.0699. The van der Waals surface area contributed by atoms with Crippen LogP contribution in [0.1, 0.15) is 45.4 Å². The first-order valence-electron chi connectivity index (χ1n) is 12.2. The summed E-state index contributed by atoms with van der Waals surface area (Å²) < 4.78 is 10.7. The van der Waals surface area contributed by atoms with Crippen LogP contribution in [-0.2, 0) is 9.47 Å². The molecule has 1 saturated heterocycles. The summed E-state index contributed by atoms with van der Waals surface area (Å²) >= 11 is 0. The highest BCUT2D eigenvalue weighted by molar-refractivity contribution is 5.53. The predicted octanol–water partition coefficient (Wildman–Crippen LogP) is 3.12. The summed E-state index contributed by atoms with van der Waals surface area (Å²) in [6, 6.07) is 5.07. The normalized spacial score (nSPS) is 22.6. The van der Waals surface area contributed by atoms with Gasteiger partial charge in [0.15, 0.2) is 5.82 Å². The van der Waals surface area contributed by atoms with Gasteiger partial charge in [0.1, 0.15) is 11.5 Å². The van der Waals surface area contributed by atoms with Gasteiger partial charge >= 0.3 is 0 Å². The molecule has 1 aliphatic heterocycles. The average molecular weight is 456 g/mol. The van der Waals surface area contributed by atoms with E-state index in [-0.39, 0.29) is 0 Å². The Labute approximate surface area is 196 Å². The maximum absolute atomic E-state index is 5.44. The molecule has 1 atom stereocenters. The Balaban J connectivity index is 1.30. The lowest BCUT2D eigenvalue weighted by Gasteiger charge is -2.31. The number of hydrogen-bond acceptors (Lipinski definition) is 9. The van der Waals surface area contributed by atoms with Gasteiger partial charge in [-0.25, -0.2) is 19.9 Å². The summed E-state index contributed by atoms with van der Waals surface area (Å²) in [4.78, 5) is 18.2. The van der Waals surface area contributed by atoms with Gasteiger partial charge in [-0.15, -0.1) is 0 Å². The van der Waals surface area contributed by atoms with Crippen molar-refractivity contribution in [2.75, 3.05) is 44.1 Å². The molecule has 0 aromatic carbocycles. The van der Waals surface area contributed by atoms with Crippen molar-refractivity contribution < 1.29 is 9.47 Å². The van der Waals surface area contributed by atoms with E-state index in [1.807, 2.05) is 12.1 Å². The Bertz CT molecular complexity index is 854. The summed E-state index contributed by atoms with van der Waals surface area (Å²) in [5.41, 5.74) is 0.728. The van der Waals surface area contributed by atoms with Crippen LogP contribution in [0.3, 0.4) is 0 Å². The Hall–Kier alpha value is -2.36. The second kappa shape index (κ2) is 12.2. The first-order chi connectivity index (χ1) is 16.2. The summed E-state index contributed by atoms with van der Waals surface area (Å²) in [6.07, 6.45) is 10.2. The van der Waals surface area contributed by atoms with Crippen LogP contribution in [0, 0.1) is 5.92 Å². The van der Waals surface area contributed by atoms with Crippen molar-refractivity contribution in [3.63, 3.8) is 0 Å². The van der Waals surface area contributed by atoms with Crippen molar-refractivity contribution in [1.29, 1.82) is 0 Å². The van der Waals surface area contributed by atoms with E-state index in [0.29, 0.717) is 35.8 Å². The third-order valence-electron chi connectivity index (χ3n) is 6.45. The molecule has 2 aliphatic rings. The van der Waals surface area contributed by atoms with Crippen molar-refractivity contribution in [3.05, 3.63) is 24.5 Å². The van der Waals surface area contributed by atoms with Crippen molar-refractivity contribution in [2.45, 2.75) is 63.6 Å². The van der Waals surface area contributed by atoms with Crippen LogP contribution < -0.4 is 16.0 Å². The molecule has 2 fully saturated rings. The molecule has 3 N–H and O–H groups in total. The number of ether oxygens (including phenoxy) is 2. The van der Waals surface area contributed by atoms with Crippen LogP contribution in [0.4, 0.5) is 11.8 Å². The number of nitrogens with zero attached hydrogens (tertiary/aromatic N) is 4. The van der Waals surface area contributed by atoms with Gasteiger partial charge in [-0.2, -0.15) is 0 Å². The van der Waals surface area contributed by atoms with Crippen LogP contribution in [0.15, 0.2) is 24.5 Å². The molecule has 0 radical (unpaired) electrons. The summed E-state index contributed by atoms with van der Waals surface area (Å²) in [7, 11) is 1.75. The van der Waals surface area contributed by atoms with Gasteiger partial charge in [-0.1, -0.05) is 0 Å². The smallest absolute Gasteiger partial charge is 0.223 e. The van der Waals surface area contributed by atoms with Crippen LogP contribution in [-0.4, -0.2) is 71.5 Å². The van der Waals surface area contributed by atoms with Gasteiger partial charge in [0.2, 0.25) is 5.95 Å². The van der Waals surface area contributed by atoms with Crippen molar-refractivity contribution in [1.82, 2.24) is 25.3 Å². The zero-order chi connectivity index (χ0) is 22.9. The Morgan fingerprint density at radius 3 is 2.55 bits per heavy atom. The largest absolute Gasteiger partial charge is 0.383 e. The minimum atomic E-state index is 0.379. The lowest BCUT2D eigenvalue weighted by atomic mass is 9.91. The van der Waals surface area contributed by atoms with Gasteiger partial charge in [-0.05, 0) is 63.5 Å². The fraction of sp³-hybridized carbons (Fsp3) is 0.667. The van der Waals surface area contributed by atoms with E-state index in [4.69, 9.17) is 14.5 Å². The predicted molar refractivity (Wildman–Crippen MR) is 129 cm³/mol. The zero-order valence-electron chi connectivity index (χ0n) is 19.8. The van der Waals surface area contributed by atoms with E-state index in [2.05, 4.69) is 37.8 Å². The molecule has 0 unspecified atom stereocenters. The molecule has 2 aromatic heterocycles. The van der Waals surface area contributed by atoms with Gasteiger partial charge in [-0.3, -0.25) is 0 Å². The highest BCUT2D eigenvalue weighted by Gasteiger charge is 2.23. The molecule has 0 amide bonds. The summed E-state index contributed by atoms with van der Waals surface area (Å²) in [5.74, 6) is 2.70. The lowest BCUT2D eigenvalue weighted by Crippen LogP contribution is -2.43. The Morgan fingerprint density at radius 1 is 1.00 bits per heavy atom. The highest BCUT2D eigenvalue weighted by atomic mass is 16.5. The number of anilines is 2. The maximum Gasteiger partial charge on any atom is 0.223 e. The van der Waals surface area contributed by atoms with E-state index in [9.17, 15) is 0 Å². The minimum Gasteiger partial charge on any atom is -0.383 e. The number of rotatable bonds is 10. The molecule has 1 aliphatic carbocycles. The first-order valence-corrected chi connectivity index (χ1v) is 12.2. The molecule has 33 heavy (non-hydrogen) atoms. The first kappa shape index (κ1) is 23.8. The molecule has 0 spiro atoms. The van der Waals surface area contributed by atoms with E-state index < -0.39 is 0 Å². The van der Waals surface area contributed by atoms with Crippen LogP contribution in [0.25, 0.3) is 11.5 Å². The fourth-order valence-electron chi connectivity index (χ4n) is 4.62. The fourth-order valence-corrected chi connectivity index (χ4v) is 4.62. The minimum absolute atomic E-state index is 0.379. The molecule has 9 nitrogen and oxygen atoms in total. The monoisotopic (exact) mass is 455 g/mol. The van der Waals surface area contributed by atoms with E-state index >= 15 is 0 Å². The summed E-state index contributed by atoms with van der Waals surface area (Å²) in [5, 5.41) is 10.6. The quantitative estimate of drug-likeness (QED) is 0.498. The third kappa shape index (κ3) is 7.31. The number of hydrogen-bond donors (Lipinski definition) is 3. The maximum atomic E-state index is 5.44. The van der Waals surface area contributed by atoms with Crippen LogP contribution >= 0.6 is 0 Å². The second-order valence-electron chi connectivity index (χ2n) is 9.18. The molecule has 0 bridgehead atoms. The molecular weight excluding hydrogens is 418 g/mol. The van der Waals surface area contributed by atoms with Crippen LogP contribution in [0.2, 0.25) is 0 Å². The van der Waals surface area contributed by atoms with Gasteiger partial charge in [0.05, 0.1) is 6.61 Å². The average Bonchev–Trinajstić information content (AvgIpc) is 2.85. The second-order valence-corrected chi connectivity index (χ2v) is 9.18. The van der Waals surface area contributed by atoms with Crippen molar-refractivity contribution in [3.8, 4) is 11.5 Å². The molecule has 9 heteroatoms. The standard InChI is InChI=1S/C24H37N7O2/c1-17(16-32-2)28-19-3-5-20(6-4-19)29-24-26-11-7-21(30-24)23-25-12-8-22(31-23)27-15-18-9-13-33-14-10-18/h7-8,11-12,17-20,28H,3-6,9-10,13-16H2,1-2H3,(H,25,27,31)(H,26,29,30)/t17-,19?,20?/m1/s1. The highest BCUT2D eigenvalue weighted by Crippen LogP contribution is 2.23. The van der Waals surface area contributed by atoms with E-state index in [1.165, 1.54) is 0 Å². The molecule has 1 saturated carbocycles. The third-order valence-corrected chi connectivity index (χ3v) is 6.45. The van der Waals surface area contributed by atoms with Gasteiger partial charge in [0, 0.05) is 57.4 Å². The number of aromatic nitrogens is 4. The number of methoxy groups -OCH3 is 1. The molecule has 3 heterocycles. The Morgan fingerprint density at radius 2 is 1.76 bits per heavy atom. The van der Waals surface area contributed by atoms with Gasteiger partial charge < -0.3 is 25.4 Å². The van der Waals surface area contributed by atoms with Crippen LogP contribution in [0.5, 0.6) is 0 Å². The molecule has 180 valence electrons. The SMILES string of the molecule is COC[C@@H](C)NC1CCC(Nc2nccc(-c3nccc(NCC4CCOCC4)n3)n2)CC1. The number of nitrogens with one attached hydrogen (secondary N) is 3. The molecule has 2 aromatic rings. The van der Waals surface area contributed by atoms with E-state index in [1.54, 1.807) is 19.5 Å². The van der Waals surface area contributed by atoms with Crippen molar-refractivity contribution in [2.24, 2.45) is 5.92 Å².